The lowest BCUT2D eigenvalue weighted by Crippen LogP contribution is -2.40. The van der Waals surface area contributed by atoms with Crippen LogP contribution < -0.4 is 10.1 Å². The average molecular weight is 309 g/mol. The van der Waals surface area contributed by atoms with E-state index in [1.54, 1.807) is 7.11 Å². The van der Waals surface area contributed by atoms with Gasteiger partial charge in [-0.05, 0) is 55.4 Å². The first-order valence-electron chi connectivity index (χ1n) is 7.69. The van der Waals surface area contributed by atoms with Crippen LogP contribution in [0.5, 0.6) is 5.75 Å². The summed E-state index contributed by atoms with van der Waals surface area (Å²) in [6.45, 7) is 0.603. The highest BCUT2D eigenvalue weighted by molar-refractivity contribution is 7.92. The van der Waals surface area contributed by atoms with Gasteiger partial charge in [0.2, 0.25) is 0 Å². The van der Waals surface area contributed by atoms with Crippen LogP contribution in [0.1, 0.15) is 30.4 Å². The Morgan fingerprint density at radius 3 is 2.86 bits per heavy atom. The minimum Gasteiger partial charge on any atom is -0.497 e. The quantitative estimate of drug-likeness (QED) is 0.920. The SMILES string of the molecule is COc1ccc2c(c1)CC(NCC1CCCS1(=O)=O)CC2. The number of rotatable bonds is 4. The molecule has 1 aliphatic heterocycles. The number of hydrogen-bond donors (Lipinski definition) is 1. The smallest absolute Gasteiger partial charge is 0.154 e. The van der Waals surface area contributed by atoms with Crippen molar-refractivity contribution < 1.29 is 13.2 Å². The maximum Gasteiger partial charge on any atom is 0.154 e. The summed E-state index contributed by atoms with van der Waals surface area (Å²) in [5, 5.41) is 3.30. The summed E-state index contributed by atoms with van der Waals surface area (Å²) in [6, 6.07) is 6.64. The van der Waals surface area contributed by atoms with E-state index in [1.165, 1.54) is 11.1 Å². The second kappa shape index (κ2) is 5.97. The van der Waals surface area contributed by atoms with E-state index in [4.69, 9.17) is 4.74 Å². The minimum absolute atomic E-state index is 0.177. The third kappa shape index (κ3) is 3.24. The Morgan fingerprint density at radius 1 is 1.29 bits per heavy atom. The minimum atomic E-state index is -2.84. The van der Waals surface area contributed by atoms with Crippen molar-refractivity contribution in [2.45, 2.75) is 43.4 Å². The van der Waals surface area contributed by atoms with Gasteiger partial charge in [-0.15, -0.1) is 0 Å². The zero-order chi connectivity index (χ0) is 14.9. The molecule has 1 N–H and O–H groups in total. The number of ether oxygens (including phenoxy) is 1. The molecule has 0 amide bonds. The molecule has 3 rings (SSSR count). The number of methoxy groups -OCH3 is 1. The van der Waals surface area contributed by atoms with Crippen LogP contribution in [0.15, 0.2) is 18.2 Å². The molecule has 1 saturated heterocycles. The van der Waals surface area contributed by atoms with E-state index in [0.717, 1.165) is 37.9 Å². The zero-order valence-electron chi connectivity index (χ0n) is 12.5. The van der Waals surface area contributed by atoms with E-state index < -0.39 is 9.84 Å². The molecule has 0 bridgehead atoms. The Morgan fingerprint density at radius 2 is 2.14 bits per heavy atom. The van der Waals surface area contributed by atoms with Crippen molar-refractivity contribution in [1.82, 2.24) is 5.32 Å². The first kappa shape index (κ1) is 14.9. The Bertz CT molecular complexity index is 612. The lowest BCUT2D eigenvalue weighted by atomic mass is 9.88. The first-order chi connectivity index (χ1) is 10.1. The van der Waals surface area contributed by atoms with E-state index in [1.807, 2.05) is 6.07 Å². The molecule has 0 aromatic heterocycles. The fraction of sp³-hybridized carbons (Fsp3) is 0.625. The van der Waals surface area contributed by atoms with E-state index >= 15 is 0 Å². The van der Waals surface area contributed by atoms with Crippen molar-refractivity contribution >= 4 is 9.84 Å². The van der Waals surface area contributed by atoms with Crippen molar-refractivity contribution in [1.29, 1.82) is 0 Å². The van der Waals surface area contributed by atoms with Gasteiger partial charge in [0, 0.05) is 12.6 Å². The first-order valence-corrected chi connectivity index (χ1v) is 9.41. The highest BCUT2D eigenvalue weighted by atomic mass is 32.2. The van der Waals surface area contributed by atoms with Crippen LogP contribution in [0.2, 0.25) is 0 Å². The number of benzene rings is 1. The van der Waals surface area contributed by atoms with Crippen LogP contribution in [0, 0.1) is 0 Å². The number of nitrogens with one attached hydrogen (secondary N) is 1. The zero-order valence-corrected chi connectivity index (χ0v) is 13.3. The van der Waals surface area contributed by atoms with Crippen LogP contribution in [-0.4, -0.2) is 39.1 Å². The fourth-order valence-electron chi connectivity index (χ4n) is 3.42. The second-order valence-corrected chi connectivity index (χ2v) is 8.51. The van der Waals surface area contributed by atoms with Gasteiger partial charge in [-0.25, -0.2) is 8.42 Å². The lowest BCUT2D eigenvalue weighted by molar-refractivity contribution is 0.410. The predicted molar refractivity (Wildman–Crippen MR) is 83.6 cm³/mol. The van der Waals surface area contributed by atoms with Gasteiger partial charge < -0.3 is 10.1 Å². The van der Waals surface area contributed by atoms with Crippen LogP contribution in [0.3, 0.4) is 0 Å². The monoisotopic (exact) mass is 309 g/mol. The molecule has 1 heterocycles. The molecule has 1 aromatic rings. The summed E-state index contributed by atoms with van der Waals surface area (Å²) < 4.78 is 29.0. The van der Waals surface area contributed by atoms with Gasteiger partial charge in [0.15, 0.2) is 9.84 Å². The highest BCUT2D eigenvalue weighted by Crippen LogP contribution is 2.26. The second-order valence-electron chi connectivity index (χ2n) is 6.11. The maximum atomic E-state index is 11.9. The molecule has 2 unspecified atom stereocenters. The molecule has 2 aliphatic rings. The van der Waals surface area contributed by atoms with E-state index in [2.05, 4.69) is 17.4 Å². The molecule has 116 valence electrons. The molecule has 4 nitrogen and oxygen atoms in total. The Labute approximate surface area is 126 Å². The van der Waals surface area contributed by atoms with Gasteiger partial charge in [0.1, 0.15) is 5.75 Å². The van der Waals surface area contributed by atoms with E-state index in [0.29, 0.717) is 18.3 Å². The van der Waals surface area contributed by atoms with Crippen molar-refractivity contribution in [3.8, 4) is 5.75 Å². The van der Waals surface area contributed by atoms with Gasteiger partial charge in [-0.3, -0.25) is 0 Å². The lowest BCUT2D eigenvalue weighted by Gasteiger charge is -2.27. The molecule has 5 heteroatoms. The van der Waals surface area contributed by atoms with E-state index in [9.17, 15) is 8.42 Å². The standard InChI is InChI=1S/C16H23NO3S/c1-20-15-7-5-12-4-6-14(9-13(12)10-15)17-11-16-3-2-8-21(16,18)19/h5,7,10,14,16-17H,2-4,6,8-9,11H2,1H3. The molecular formula is C16H23NO3S. The van der Waals surface area contributed by atoms with Crippen LogP contribution in [0.25, 0.3) is 0 Å². The molecule has 0 radical (unpaired) electrons. The Balaban J connectivity index is 1.61. The average Bonchev–Trinajstić information content (AvgIpc) is 2.83. The summed E-state index contributed by atoms with van der Waals surface area (Å²) in [5.41, 5.74) is 2.72. The summed E-state index contributed by atoms with van der Waals surface area (Å²) in [5.74, 6) is 1.26. The number of aryl methyl sites for hydroxylation is 1. The molecule has 0 saturated carbocycles. The maximum absolute atomic E-state index is 11.9. The highest BCUT2D eigenvalue weighted by Gasteiger charge is 2.31. The Kier molecular flexibility index (Phi) is 4.22. The number of fused-ring (bicyclic) bond motifs is 1. The van der Waals surface area contributed by atoms with Gasteiger partial charge in [0.05, 0.1) is 18.1 Å². The number of hydrogen-bond acceptors (Lipinski definition) is 4. The molecule has 0 spiro atoms. The third-order valence-corrected chi connectivity index (χ3v) is 7.01. The van der Waals surface area contributed by atoms with Gasteiger partial charge >= 0.3 is 0 Å². The normalized spacial score (nSPS) is 27.3. The third-order valence-electron chi connectivity index (χ3n) is 4.74. The van der Waals surface area contributed by atoms with Crippen LogP contribution in [0.4, 0.5) is 0 Å². The molecule has 2 atom stereocenters. The summed E-state index contributed by atoms with van der Waals surface area (Å²) >= 11 is 0. The van der Waals surface area contributed by atoms with Crippen LogP contribution in [-0.2, 0) is 22.7 Å². The predicted octanol–water partition coefficient (Wildman–Crippen LogP) is 1.72. The van der Waals surface area contributed by atoms with Gasteiger partial charge in [-0.1, -0.05) is 6.07 Å². The molecule has 1 fully saturated rings. The van der Waals surface area contributed by atoms with Crippen molar-refractivity contribution in [2.75, 3.05) is 19.4 Å². The van der Waals surface area contributed by atoms with Crippen molar-refractivity contribution in [3.05, 3.63) is 29.3 Å². The summed E-state index contributed by atoms with van der Waals surface area (Å²) in [6.07, 6.45) is 4.71. The number of sulfone groups is 1. The largest absolute Gasteiger partial charge is 0.497 e. The summed E-state index contributed by atoms with van der Waals surface area (Å²) in [4.78, 5) is 0. The molecule has 1 aromatic carbocycles. The summed E-state index contributed by atoms with van der Waals surface area (Å²) in [7, 11) is -1.16. The fourth-order valence-corrected chi connectivity index (χ4v) is 5.20. The van der Waals surface area contributed by atoms with Crippen molar-refractivity contribution in [3.63, 3.8) is 0 Å². The van der Waals surface area contributed by atoms with Gasteiger partial charge in [0.25, 0.3) is 0 Å². The molecule has 21 heavy (non-hydrogen) atoms. The molecular weight excluding hydrogens is 286 g/mol. The van der Waals surface area contributed by atoms with E-state index in [-0.39, 0.29) is 5.25 Å². The topological polar surface area (TPSA) is 55.4 Å². The van der Waals surface area contributed by atoms with Gasteiger partial charge in [-0.2, -0.15) is 0 Å². The van der Waals surface area contributed by atoms with Crippen molar-refractivity contribution in [2.24, 2.45) is 0 Å². The molecule has 1 aliphatic carbocycles. The Hall–Kier alpha value is -1.07. The van der Waals surface area contributed by atoms with Crippen LogP contribution >= 0.6 is 0 Å².